The Hall–Kier alpha value is -2.65. The van der Waals surface area contributed by atoms with Crippen LogP contribution in [-0.4, -0.2) is 64.6 Å². The summed E-state index contributed by atoms with van der Waals surface area (Å²) in [6, 6.07) is -2.89. The first-order valence-electron chi connectivity index (χ1n) is 16.4. The van der Waals surface area contributed by atoms with Crippen LogP contribution in [0.25, 0.3) is 0 Å². The Morgan fingerprint density at radius 2 is 1.53 bits per heavy atom. The molecule has 1 heterocycles. The minimum Gasteiger partial charge on any atom is -0.363 e. The van der Waals surface area contributed by atoms with Gasteiger partial charge >= 0.3 is 6.03 Å². The molecule has 242 valence electrons. The molecule has 0 spiro atoms. The number of carbonyl (C=O) groups is 5. The molecule has 0 aromatic rings. The number of piperidine rings is 1. The predicted molar refractivity (Wildman–Crippen MR) is 165 cm³/mol. The maximum atomic E-state index is 14.4. The van der Waals surface area contributed by atoms with Crippen molar-refractivity contribution in [3.8, 4) is 0 Å². The zero-order chi connectivity index (χ0) is 31.9. The number of hydrogen-bond donors (Lipinski definition) is 4. The van der Waals surface area contributed by atoms with Gasteiger partial charge in [-0.2, -0.15) is 0 Å². The molecule has 0 aromatic heterocycles. The second-order valence-corrected chi connectivity index (χ2v) is 16.3. The minimum atomic E-state index is -1.06. The fraction of sp³-hybridized carbons (Fsp3) is 0.848. The summed E-state index contributed by atoms with van der Waals surface area (Å²) in [4.78, 5) is 67.9. The monoisotopic (exact) mass is 601 g/mol. The second kappa shape index (κ2) is 12.4. The van der Waals surface area contributed by atoms with E-state index in [0.29, 0.717) is 13.0 Å². The number of hydrogen-bond acceptors (Lipinski definition) is 5. The second-order valence-electron chi connectivity index (χ2n) is 16.3. The van der Waals surface area contributed by atoms with E-state index in [-0.39, 0.29) is 46.4 Å². The molecule has 10 nitrogen and oxygen atoms in total. The summed E-state index contributed by atoms with van der Waals surface area (Å²) in [5, 5.41) is 8.98. The number of ketones is 1. The average molecular weight is 602 g/mol. The van der Waals surface area contributed by atoms with Gasteiger partial charge in [0.25, 0.3) is 5.91 Å². The molecule has 0 bridgehead atoms. The molecule has 5 amide bonds. The van der Waals surface area contributed by atoms with Crippen molar-refractivity contribution >= 4 is 29.5 Å². The molecule has 2 unspecified atom stereocenters. The number of nitrogens with two attached hydrogens (primary N) is 1. The summed E-state index contributed by atoms with van der Waals surface area (Å²) >= 11 is 0. The van der Waals surface area contributed by atoms with Gasteiger partial charge < -0.3 is 26.6 Å². The number of primary amides is 1. The molecule has 0 aromatic carbocycles. The molecule has 4 rings (SSSR count). The van der Waals surface area contributed by atoms with Crippen molar-refractivity contribution in [3.05, 3.63) is 0 Å². The Kier molecular flexibility index (Phi) is 9.58. The van der Waals surface area contributed by atoms with Gasteiger partial charge in [-0.25, -0.2) is 4.79 Å². The van der Waals surface area contributed by atoms with E-state index < -0.39 is 41.3 Å². The molecular weight excluding hydrogens is 546 g/mol. The molecule has 5 N–H and O–H groups in total. The van der Waals surface area contributed by atoms with Gasteiger partial charge in [-0.05, 0) is 74.0 Å². The summed E-state index contributed by atoms with van der Waals surface area (Å²) in [5.74, 6) is -2.17. The molecule has 4 fully saturated rings. The Morgan fingerprint density at radius 1 is 0.907 bits per heavy atom. The van der Waals surface area contributed by atoms with Crippen LogP contribution in [0.2, 0.25) is 0 Å². The Morgan fingerprint density at radius 3 is 2.07 bits per heavy atom. The molecule has 3 saturated carbocycles. The third-order valence-corrected chi connectivity index (χ3v) is 10.5. The minimum absolute atomic E-state index is 0.00568. The van der Waals surface area contributed by atoms with Crippen molar-refractivity contribution in [2.24, 2.45) is 40.2 Å². The number of rotatable bonds is 11. The first kappa shape index (κ1) is 33.2. The lowest BCUT2D eigenvalue weighted by Gasteiger charge is -2.38. The first-order chi connectivity index (χ1) is 19.9. The summed E-state index contributed by atoms with van der Waals surface area (Å²) in [7, 11) is 0. The highest BCUT2D eigenvalue weighted by Crippen LogP contribution is 2.65. The number of fused-ring (bicyclic) bond motifs is 1. The van der Waals surface area contributed by atoms with E-state index in [1.807, 2.05) is 13.8 Å². The molecule has 5 atom stereocenters. The summed E-state index contributed by atoms with van der Waals surface area (Å²) in [5.41, 5.74) is 4.75. The fourth-order valence-corrected chi connectivity index (χ4v) is 8.42. The molecule has 10 heteroatoms. The van der Waals surface area contributed by atoms with E-state index in [0.717, 1.165) is 57.8 Å². The molecule has 1 aliphatic heterocycles. The van der Waals surface area contributed by atoms with Crippen LogP contribution < -0.4 is 21.7 Å². The van der Waals surface area contributed by atoms with Gasteiger partial charge in [-0.15, -0.1) is 0 Å². The maximum Gasteiger partial charge on any atom is 0.315 e. The van der Waals surface area contributed by atoms with Crippen LogP contribution in [0.3, 0.4) is 0 Å². The van der Waals surface area contributed by atoms with Gasteiger partial charge in [0.1, 0.15) is 12.1 Å². The number of carbonyl (C=O) groups excluding carboxylic acids is 5. The van der Waals surface area contributed by atoms with E-state index in [1.165, 1.54) is 0 Å². The molecular formula is C33H55N5O5. The van der Waals surface area contributed by atoms with Crippen molar-refractivity contribution in [2.45, 2.75) is 136 Å². The zero-order valence-electron chi connectivity index (χ0n) is 27.4. The van der Waals surface area contributed by atoms with Crippen molar-refractivity contribution in [1.82, 2.24) is 20.9 Å². The summed E-state index contributed by atoms with van der Waals surface area (Å²) in [6.45, 7) is 15.0. The lowest BCUT2D eigenvalue weighted by molar-refractivity contribution is -0.144. The van der Waals surface area contributed by atoms with Crippen LogP contribution in [-0.2, 0) is 19.2 Å². The maximum absolute atomic E-state index is 14.4. The van der Waals surface area contributed by atoms with Crippen LogP contribution in [0.1, 0.15) is 113 Å². The van der Waals surface area contributed by atoms with Crippen molar-refractivity contribution < 1.29 is 24.0 Å². The quantitative estimate of drug-likeness (QED) is 0.267. The van der Waals surface area contributed by atoms with Crippen LogP contribution in [0.4, 0.5) is 4.79 Å². The predicted octanol–water partition coefficient (Wildman–Crippen LogP) is 3.66. The van der Waals surface area contributed by atoms with E-state index in [2.05, 4.69) is 50.6 Å². The number of Topliss-reactive ketones (excluding diaryl/α,β-unsaturated/α-hetero) is 1. The number of amides is 5. The molecule has 3 aliphatic carbocycles. The third kappa shape index (κ3) is 7.72. The van der Waals surface area contributed by atoms with Gasteiger partial charge in [0, 0.05) is 12.1 Å². The Balaban J connectivity index is 1.54. The van der Waals surface area contributed by atoms with Crippen molar-refractivity contribution in [3.63, 3.8) is 0 Å². The van der Waals surface area contributed by atoms with Crippen LogP contribution in [0, 0.1) is 34.5 Å². The van der Waals surface area contributed by atoms with E-state index in [4.69, 9.17) is 5.73 Å². The van der Waals surface area contributed by atoms with Crippen molar-refractivity contribution in [1.29, 1.82) is 0 Å². The van der Waals surface area contributed by atoms with Gasteiger partial charge in [0.2, 0.25) is 17.6 Å². The van der Waals surface area contributed by atoms with Gasteiger partial charge in [0.05, 0.1) is 6.04 Å². The molecule has 4 aliphatic rings. The number of nitrogens with one attached hydrogen (secondary N) is 3. The lowest BCUT2D eigenvalue weighted by atomic mass is 9.80. The van der Waals surface area contributed by atoms with Gasteiger partial charge in [-0.1, -0.05) is 73.1 Å². The summed E-state index contributed by atoms with van der Waals surface area (Å²) in [6.07, 6.45) is 8.86. The molecule has 43 heavy (non-hydrogen) atoms. The van der Waals surface area contributed by atoms with Crippen LogP contribution >= 0.6 is 0 Å². The SMILES string of the molecule is CC(C)(C)CC(C)(C)NC(=O)N[C@H](C(=O)N1CC2[C@@H]([C@H]1C(=O)NC(CC1CCC1)C(=O)C(N)=O)C2(C)C)C1CCCCC1. The molecule has 0 radical (unpaired) electrons. The number of likely N-dealkylation sites (tertiary alicyclic amines) is 1. The van der Waals surface area contributed by atoms with E-state index >= 15 is 0 Å². The van der Waals surface area contributed by atoms with Crippen molar-refractivity contribution in [2.75, 3.05) is 6.54 Å². The fourth-order valence-electron chi connectivity index (χ4n) is 8.42. The summed E-state index contributed by atoms with van der Waals surface area (Å²) < 4.78 is 0. The van der Waals surface area contributed by atoms with E-state index in [1.54, 1.807) is 4.90 Å². The van der Waals surface area contributed by atoms with Gasteiger partial charge in [0.15, 0.2) is 0 Å². The Labute approximate surface area is 257 Å². The highest BCUT2D eigenvalue weighted by atomic mass is 16.2. The van der Waals surface area contributed by atoms with Crippen LogP contribution in [0.5, 0.6) is 0 Å². The van der Waals surface area contributed by atoms with E-state index in [9.17, 15) is 24.0 Å². The smallest absolute Gasteiger partial charge is 0.315 e. The Bertz CT molecular complexity index is 1100. The average Bonchev–Trinajstić information content (AvgIpc) is 3.19. The van der Waals surface area contributed by atoms with Crippen LogP contribution in [0.15, 0.2) is 0 Å². The normalized spacial score (nSPS) is 26.9. The highest BCUT2D eigenvalue weighted by Gasteiger charge is 2.69. The largest absolute Gasteiger partial charge is 0.363 e. The molecule has 1 saturated heterocycles. The highest BCUT2D eigenvalue weighted by molar-refractivity contribution is 6.37. The standard InChI is InChI=1S/C33H55N5O5/c1-31(2,3)18-32(4,5)37-30(43)36-24(20-14-9-8-10-15-20)29(42)38-17-21-23(33(21,6)7)25(38)28(41)35-22(26(39)27(34)40)16-19-12-11-13-19/h19-25H,8-18H2,1-7H3,(H2,34,40)(H,35,41)(H2,36,37,43)/t21?,22?,23-,24-,25-/m0/s1. The number of urea groups is 1. The topological polar surface area (TPSA) is 151 Å². The van der Waals surface area contributed by atoms with Gasteiger partial charge in [-0.3, -0.25) is 19.2 Å². The zero-order valence-corrected chi connectivity index (χ0v) is 27.4. The number of nitrogens with zero attached hydrogens (tertiary/aromatic N) is 1. The lowest BCUT2D eigenvalue weighted by Crippen LogP contribution is -2.61. The third-order valence-electron chi connectivity index (χ3n) is 10.5. The first-order valence-corrected chi connectivity index (χ1v) is 16.4.